The van der Waals surface area contributed by atoms with E-state index in [1.165, 1.54) is 11.3 Å². The highest BCUT2D eigenvalue weighted by Gasteiger charge is 2.39. The van der Waals surface area contributed by atoms with Gasteiger partial charge in [0.2, 0.25) is 0 Å². The number of carbonyl (C=O) groups is 1. The van der Waals surface area contributed by atoms with E-state index in [4.69, 9.17) is 4.74 Å². The summed E-state index contributed by atoms with van der Waals surface area (Å²) in [5.41, 5.74) is -0.870. The highest BCUT2D eigenvalue weighted by Crippen LogP contribution is 2.36. The maximum Gasteiger partial charge on any atom is 0.264 e. The van der Waals surface area contributed by atoms with Crippen LogP contribution < -0.4 is 4.74 Å². The van der Waals surface area contributed by atoms with Gasteiger partial charge in [0.15, 0.2) is 0 Å². The van der Waals surface area contributed by atoms with Crippen molar-refractivity contribution >= 4 is 33.2 Å². The summed E-state index contributed by atoms with van der Waals surface area (Å²) in [6.45, 7) is 4.22. The fraction of sp³-hybridized carbons (Fsp3) is 0.615. The molecule has 0 spiro atoms. The monoisotopic (exact) mass is 347 g/mol. The van der Waals surface area contributed by atoms with Crippen LogP contribution >= 0.6 is 27.3 Å². The molecule has 0 aromatic carbocycles. The van der Waals surface area contributed by atoms with Crippen LogP contribution in [0.25, 0.3) is 0 Å². The van der Waals surface area contributed by atoms with Crippen molar-refractivity contribution in [3.8, 4) is 5.75 Å². The Balaban J connectivity index is 2.23. The van der Waals surface area contributed by atoms with Crippen LogP contribution in [-0.4, -0.2) is 41.2 Å². The van der Waals surface area contributed by atoms with Gasteiger partial charge in [-0.3, -0.25) is 4.79 Å². The molecule has 0 bridgehead atoms. The van der Waals surface area contributed by atoms with Crippen molar-refractivity contribution in [1.29, 1.82) is 0 Å². The first-order valence-corrected chi connectivity index (χ1v) is 7.82. The Morgan fingerprint density at radius 1 is 1.63 bits per heavy atom. The number of ether oxygens (including phenoxy) is 1. The van der Waals surface area contributed by atoms with E-state index >= 15 is 0 Å². The summed E-state index contributed by atoms with van der Waals surface area (Å²) in [5, 5.41) is 10.2. The molecule has 1 saturated heterocycles. The van der Waals surface area contributed by atoms with Gasteiger partial charge in [-0.25, -0.2) is 0 Å². The zero-order valence-corrected chi connectivity index (χ0v) is 13.7. The highest BCUT2D eigenvalue weighted by molar-refractivity contribution is 9.11. The zero-order valence-electron chi connectivity index (χ0n) is 11.3. The van der Waals surface area contributed by atoms with Gasteiger partial charge in [0, 0.05) is 12.6 Å². The molecule has 1 aliphatic heterocycles. The molecule has 0 aliphatic carbocycles. The fourth-order valence-electron chi connectivity index (χ4n) is 2.48. The second-order valence-electron chi connectivity index (χ2n) is 5.26. The average Bonchev–Trinajstić information content (AvgIpc) is 2.93. The Kier molecular flexibility index (Phi) is 4.23. The number of rotatable bonds is 3. The third-order valence-electron chi connectivity index (χ3n) is 3.42. The summed E-state index contributed by atoms with van der Waals surface area (Å²) in [7, 11) is 1.58. The molecule has 1 N–H and O–H groups in total. The van der Waals surface area contributed by atoms with Crippen LogP contribution in [0, 0.1) is 0 Å². The van der Waals surface area contributed by atoms with E-state index < -0.39 is 5.60 Å². The molecule has 1 fully saturated rings. The maximum atomic E-state index is 12.5. The number of carbonyl (C=O) groups excluding carboxylic acids is 1. The van der Waals surface area contributed by atoms with Crippen molar-refractivity contribution < 1.29 is 14.6 Å². The van der Waals surface area contributed by atoms with Crippen molar-refractivity contribution in [1.82, 2.24) is 4.90 Å². The lowest BCUT2D eigenvalue weighted by atomic mass is 9.96. The van der Waals surface area contributed by atoms with Crippen molar-refractivity contribution in [2.75, 3.05) is 13.7 Å². The van der Waals surface area contributed by atoms with Crippen molar-refractivity contribution in [3.63, 3.8) is 0 Å². The zero-order chi connectivity index (χ0) is 14.2. The van der Waals surface area contributed by atoms with E-state index in [1.807, 2.05) is 0 Å². The Hall–Kier alpha value is -0.590. The first kappa shape index (κ1) is 14.8. The third-order valence-corrected chi connectivity index (χ3v) is 5.18. The number of nitrogens with zero attached hydrogens (tertiary/aromatic N) is 1. The summed E-state index contributed by atoms with van der Waals surface area (Å²) in [6, 6.07) is 1.63. The SMILES string of the molecule is COc1cc(C(=O)N2CCCC2C(C)(C)O)sc1Br. The maximum absolute atomic E-state index is 12.5. The molecule has 2 rings (SSSR count). The number of thiophene rings is 1. The Labute approximate surface area is 125 Å². The number of methoxy groups -OCH3 is 1. The molecule has 4 nitrogen and oxygen atoms in total. The van der Waals surface area contributed by atoms with Crippen LogP contribution in [0.15, 0.2) is 9.85 Å². The van der Waals surface area contributed by atoms with Crippen LogP contribution in [0.3, 0.4) is 0 Å². The third kappa shape index (κ3) is 2.95. The second-order valence-corrected chi connectivity index (χ2v) is 7.63. The highest BCUT2D eigenvalue weighted by atomic mass is 79.9. The average molecular weight is 348 g/mol. The fourth-order valence-corrected chi connectivity index (χ4v) is 4.09. The van der Waals surface area contributed by atoms with Crippen molar-refractivity contribution in [2.24, 2.45) is 0 Å². The molecule has 1 atom stereocenters. The van der Waals surface area contributed by atoms with Gasteiger partial charge in [0.05, 0.1) is 23.6 Å². The molecule has 1 aromatic heterocycles. The minimum Gasteiger partial charge on any atom is -0.495 e. The molecule has 1 unspecified atom stereocenters. The van der Waals surface area contributed by atoms with Crippen LogP contribution in [0.4, 0.5) is 0 Å². The Bertz CT molecular complexity index is 481. The first-order valence-electron chi connectivity index (χ1n) is 6.21. The van der Waals surface area contributed by atoms with E-state index in [1.54, 1.807) is 31.9 Å². The lowest BCUT2D eigenvalue weighted by molar-refractivity contribution is 0.000516. The normalized spacial score (nSPS) is 19.8. The number of amides is 1. The van der Waals surface area contributed by atoms with Gasteiger partial charge >= 0.3 is 0 Å². The van der Waals surface area contributed by atoms with Crippen LogP contribution in [0.5, 0.6) is 5.75 Å². The van der Waals surface area contributed by atoms with Crippen LogP contribution in [0.1, 0.15) is 36.4 Å². The lowest BCUT2D eigenvalue weighted by Crippen LogP contribution is -2.48. The summed E-state index contributed by atoms with van der Waals surface area (Å²) in [5.74, 6) is 0.644. The Morgan fingerprint density at radius 2 is 2.32 bits per heavy atom. The van der Waals surface area contributed by atoms with E-state index in [2.05, 4.69) is 15.9 Å². The number of aliphatic hydroxyl groups is 1. The van der Waals surface area contributed by atoms with Crippen LogP contribution in [0.2, 0.25) is 0 Å². The topological polar surface area (TPSA) is 49.8 Å². The standard InChI is InChI=1S/C13H18BrNO3S/c1-13(2,17)10-5-4-6-15(10)12(16)9-7-8(18-3)11(14)19-9/h7,10,17H,4-6H2,1-3H3. The number of likely N-dealkylation sites (tertiary alicyclic amines) is 1. The van der Waals surface area contributed by atoms with Crippen molar-refractivity contribution in [3.05, 3.63) is 14.7 Å². The molecule has 0 radical (unpaired) electrons. The quantitative estimate of drug-likeness (QED) is 0.914. The molecular formula is C13H18BrNO3S. The Morgan fingerprint density at radius 3 is 2.84 bits per heavy atom. The minimum atomic E-state index is -0.870. The molecule has 19 heavy (non-hydrogen) atoms. The molecule has 1 amide bonds. The molecule has 1 aliphatic rings. The number of hydrogen-bond donors (Lipinski definition) is 1. The summed E-state index contributed by atoms with van der Waals surface area (Å²) in [4.78, 5) is 14.9. The van der Waals surface area contributed by atoms with Gasteiger partial charge in [0.1, 0.15) is 9.54 Å². The van der Waals surface area contributed by atoms with E-state index in [0.29, 0.717) is 17.2 Å². The molecule has 2 heterocycles. The predicted molar refractivity (Wildman–Crippen MR) is 78.9 cm³/mol. The minimum absolute atomic E-state index is 0.0291. The molecule has 1 aromatic rings. The molecule has 6 heteroatoms. The second kappa shape index (κ2) is 5.42. The van der Waals surface area contributed by atoms with Crippen LogP contribution in [-0.2, 0) is 0 Å². The largest absolute Gasteiger partial charge is 0.495 e. The number of hydrogen-bond acceptors (Lipinski definition) is 4. The van der Waals surface area contributed by atoms with Gasteiger partial charge in [-0.2, -0.15) is 0 Å². The van der Waals surface area contributed by atoms with E-state index in [9.17, 15) is 9.90 Å². The van der Waals surface area contributed by atoms with E-state index in [0.717, 1.165) is 16.6 Å². The van der Waals surface area contributed by atoms with E-state index in [-0.39, 0.29) is 11.9 Å². The van der Waals surface area contributed by atoms with Gasteiger partial charge in [0.25, 0.3) is 5.91 Å². The van der Waals surface area contributed by atoms with Gasteiger partial charge in [-0.1, -0.05) is 0 Å². The first-order chi connectivity index (χ1) is 8.84. The number of halogens is 1. The summed E-state index contributed by atoms with van der Waals surface area (Å²) < 4.78 is 5.99. The van der Waals surface area contributed by atoms with Crippen molar-refractivity contribution in [2.45, 2.75) is 38.3 Å². The summed E-state index contributed by atoms with van der Waals surface area (Å²) in [6.07, 6.45) is 1.78. The molecule has 0 saturated carbocycles. The van der Waals surface area contributed by atoms with Gasteiger partial charge < -0.3 is 14.7 Å². The van der Waals surface area contributed by atoms with Gasteiger partial charge in [-0.15, -0.1) is 11.3 Å². The summed E-state index contributed by atoms with van der Waals surface area (Å²) >= 11 is 4.75. The predicted octanol–water partition coefficient (Wildman–Crippen LogP) is 2.89. The van der Waals surface area contributed by atoms with Gasteiger partial charge in [-0.05, 0) is 42.6 Å². The molecular weight excluding hydrogens is 330 g/mol. The molecule has 106 valence electrons. The smallest absolute Gasteiger partial charge is 0.264 e. The lowest BCUT2D eigenvalue weighted by Gasteiger charge is -2.33.